The first kappa shape index (κ1) is 19.0. The minimum absolute atomic E-state index is 0. The fraction of sp³-hybridized carbons (Fsp3) is 0.579. The van der Waals surface area contributed by atoms with Gasteiger partial charge < -0.3 is 10.2 Å². The van der Waals surface area contributed by atoms with Crippen molar-refractivity contribution in [3.05, 3.63) is 35.4 Å². The first-order chi connectivity index (χ1) is 11.2. The monoisotopic (exact) mass is 438 g/mol. The van der Waals surface area contributed by atoms with Crippen LogP contribution < -0.4 is 5.32 Å². The molecule has 4 nitrogen and oxygen atoms in total. The normalized spacial score (nSPS) is 19.7. The number of rotatable bonds is 2. The molecular formula is C19H27IN4. The van der Waals surface area contributed by atoms with Crippen molar-refractivity contribution < 1.29 is 0 Å². The van der Waals surface area contributed by atoms with Crippen LogP contribution in [0.15, 0.2) is 29.3 Å². The number of likely N-dealkylation sites (tertiary alicyclic amines) is 1. The zero-order chi connectivity index (χ0) is 16.1. The minimum atomic E-state index is 0. The van der Waals surface area contributed by atoms with Crippen molar-refractivity contribution in [3.8, 4) is 6.07 Å². The maximum Gasteiger partial charge on any atom is 0.193 e. The van der Waals surface area contributed by atoms with E-state index in [2.05, 4.69) is 21.3 Å². The largest absolute Gasteiger partial charge is 0.352 e. The second-order valence-electron chi connectivity index (χ2n) is 6.94. The summed E-state index contributed by atoms with van der Waals surface area (Å²) in [5.41, 5.74) is 2.43. The Balaban J connectivity index is 0.00000208. The number of guanidine groups is 1. The molecule has 1 aliphatic carbocycles. The van der Waals surface area contributed by atoms with Crippen LogP contribution >= 0.6 is 24.0 Å². The van der Waals surface area contributed by atoms with Crippen molar-refractivity contribution in [1.29, 1.82) is 5.26 Å². The van der Waals surface area contributed by atoms with Crippen molar-refractivity contribution >= 4 is 29.9 Å². The average molecular weight is 438 g/mol. The Bertz CT molecular complexity index is 597. The van der Waals surface area contributed by atoms with Gasteiger partial charge in [-0.25, -0.2) is 0 Å². The summed E-state index contributed by atoms with van der Waals surface area (Å²) < 4.78 is 0. The first-order valence-electron chi connectivity index (χ1n) is 8.69. The van der Waals surface area contributed by atoms with E-state index in [0.717, 1.165) is 25.6 Å². The van der Waals surface area contributed by atoms with Crippen LogP contribution in [0.2, 0.25) is 0 Å². The van der Waals surface area contributed by atoms with Gasteiger partial charge in [-0.2, -0.15) is 5.26 Å². The van der Waals surface area contributed by atoms with Crippen molar-refractivity contribution in [1.82, 2.24) is 10.2 Å². The first-order valence-corrected chi connectivity index (χ1v) is 8.69. The van der Waals surface area contributed by atoms with Gasteiger partial charge in [0.25, 0.3) is 0 Å². The fourth-order valence-electron chi connectivity index (χ4n) is 4.04. The lowest BCUT2D eigenvalue weighted by Crippen LogP contribution is -2.41. The number of hydrogen-bond donors (Lipinski definition) is 1. The van der Waals surface area contributed by atoms with Crippen molar-refractivity contribution in [3.63, 3.8) is 0 Å². The molecule has 1 spiro atoms. The van der Waals surface area contributed by atoms with E-state index in [1.807, 2.05) is 31.3 Å². The van der Waals surface area contributed by atoms with Crippen LogP contribution in [0.5, 0.6) is 0 Å². The van der Waals surface area contributed by atoms with E-state index in [0.29, 0.717) is 11.0 Å². The molecule has 0 bridgehead atoms. The van der Waals surface area contributed by atoms with Gasteiger partial charge in [-0.15, -0.1) is 24.0 Å². The summed E-state index contributed by atoms with van der Waals surface area (Å²) in [4.78, 5) is 6.90. The molecule has 0 unspecified atom stereocenters. The van der Waals surface area contributed by atoms with Gasteiger partial charge in [0.2, 0.25) is 0 Å². The zero-order valence-corrected chi connectivity index (χ0v) is 16.8. The van der Waals surface area contributed by atoms with E-state index < -0.39 is 0 Å². The Hall–Kier alpha value is -1.29. The van der Waals surface area contributed by atoms with Crippen LogP contribution in [-0.2, 0) is 6.54 Å². The highest BCUT2D eigenvalue weighted by atomic mass is 127. The second kappa shape index (κ2) is 8.70. The van der Waals surface area contributed by atoms with Crippen LogP contribution in [-0.4, -0.2) is 31.0 Å². The maximum absolute atomic E-state index is 8.86. The van der Waals surface area contributed by atoms with Crippen molar-refractivity contribution in [2.45, 2.75) is 45.1 Å². The third kappa shape index (κ3) is 4.41. The van der Waals surface area contributed by atoms with E-state index >= 15 is 0 Å². The summed E-state index contributed by atoms with van der Waals surface area (Å²) in [5, 5.41) is 12.3. The molecule has 2 fully saturated rings. The van der Waals surface area contributed by atoms with E-state index in [1.165, 1.54) is 44.1 Å². The summed E-state index contributed by atoms with van der Waals surface area (Å²) in [7, 11) is 1.87. The Morgan fingerprint density at radius 2 is 1.92 bits per heavy atom. The minimum Gasteiger partial charge on any atom is -0.352 e. The number of nitriles is 1. The topological polar surface area (TPSA) is 51.4 Å². The summed E-state index contributed by atoms with van der Waals surface area (Å²) in [6.07, 6.45) is 8.28. The molecule has 130 valence electrons. The molecule has 1 saturated carbocycles. The third-order valence-corrected chi connectivity index (χ3v) is 5.40. The van der Waals surface area contributed by atoms with Crippen LogP contribution in [0.3, 0.4) is 0 Å². The van der Waals surface area contributed by atoms with Crippen LogP contribution in [0.25, 0.3) is 0 Å². The Labute approximate surface area is 162 Å². The molecule has 2 aliphatic rings. The zero-order valence-electron chi connectivity index (χ0n) is 14.4. The van der Waals surface area contributed by atoms with Gasteiger partial charge >= 0.3 is 0 Å². The summed E-state index contributed by atoms with van der Waals surface area (Å²) in [6.45, 7) is 3.02. The Morgan fingerprint density at radius 3 is 2.54 bits per heavy atom. The molecule has 0 atom stereocenters. The third-order valence-electron chi connectivity index (χ3n) is 5.40. The highest BCUT2D eigenvalue weighted by Crippen LogP contribution is 2.43. The highest BCUT2D eigenvalue weighted by Gasteiger charge is 2.39. The van der Waals surface area contributed by atoms with E-state index in [4.69, 9.17) is 5.26 Å². The Kier molecular flexibility index (Phi) is 6.90. The van der Waals surface area contributed by atoms with Gasteiger partial charge in [0.05, 0.1) is 11.6 Å². The Morgan fingerprint density at radius 1 is 1.21 bits per heavy atom. The second-order valence-corrected chi connectivity index (χ2v) is 6.94. The summed E-state index contributed by atoms with van der Waals surface area (Å²) in [5.74, 6) is 1.01. The average Bonchev–Trinajstić information content (AvgIpc) is 3.00. The predicted molar refractivity (Wildman–Crippen MR) is 108 cm³/mol. The van der Waals surface area contributed by atoms with E-state index in [1.54, 1.807) is 0 Å². The molecule has 3 rings (SSSR count). The molecule has 0 amide bonds. The standard InChI is InChI=1S/C19H26N4.HI/c1-21-18(22-14-17-7-5-16(13-20)6-8-17)23-12-11-19(15-23)9-3-2-4-10-19;/h5-8H,2-4,9-12,14-15H2,1H3,(H,21,22);1H. The van der Waals surface area contributed by atoms with Crippen LogP contribution in [0.4, 0.5) is 0 Å². The molecule has 5 heteroatoms. The van der Waals surface area contributed by atoms with Gasteiger partial charge in [-0.3, -0.25) is 4.99 Å². The number of aliphatic imine (C=N–C) groups is 1. The summed E-state index contributed by atoms with van der Waals surface area (Å²) >= 11 is 0. The van der Waals surface area contributed by atoms with Crippen LogP contribution in [0, 0.1) is 16.7 Å². The van der Waals surface area contributed by atoms with Crippen molar-refractivity contribution in [2.24, 2.45) is 10.4 Å². The lowest BCUT2D eigenvalue weighted by molar-refractivity contribution is 0.203. The molecule has 0 radical (unpaired) electrons. The molecular weight excluding hydrogens is 411 g/mol. The molecule has 1 aromatic carbocycles. The highest BCUT2D eigenvalue weighted by molar-refractivity contribution is 14.0. The number of nitrogens with zero attached hydrogens (tertiary/aromatic N) is 3. The van der Waals surface area contributed by atoms with Crippen molar-refractivity contribution in [2.75, 3.05) is 20.1 Å². The SMILES string of the molecule is CN=C(NCc1ccc(C#N)cc1)N1CCC2(CCCCC2)C1.I. The number of benzene rings is 1. The van der Waals surface area contributed by atoms with E-state index in [-0.39, 0.29) is 24.0 Å². The molecule has 1 aromatic rings. The molecule has 24 heavy (non-hydrogen) atoms. The smallest absolute Gasteiger partial charge is 0.193 e. The van der Waals surface area contributed by atoms with Gasteiger partial charge in [0, 0.05) is 26.7 Å². The predicted octanol–water partition coefficient (Wildman–Crippen LogP) is 3.91. The van der Waals surface area contributed by atoms with E-state index in [9.17, 15) is 0 Å². The lowest BCUT2D eigenvalue weighted by Gasteiger charge is -2.33. The van der Waals surface area contributed by atoms with Gasteiger partial charge in [-0.1, -0.05) is 31.4 Å². The number of nitrogens with one attached hydrogen (secondary N) is 1. The molecule has 1 N–H and O–H groups in total. The van der Waals surface area contributed by atoms with Crippen LogP contribution in [0.1, 0.15) is 49.7 Å². The van der Waals surface area contributed by atoms with Gasteiger partial charge in [-0.05, 0) is 42.4 Å². The molecule has 1 saturated heterocycles. The lowest BCUT2D eigenvalue weighted by atomic mass is 9.73. The van der Waals surface area contributed by atoms with Gasteiger partial charge in [0.15, 0.2) is 5.96 Å². The maximum atomic E-state index is 8.86. The summed E-state index contributed by atoms with van der Waals surface area (Å²) in [6, 6.07) is 9.90. The quantitative estimate of drug-likeness (QED) is 0.433. The van der Waals surface area contributed by atoms with Gasteiger partial charge in [0.1, 0.15) is 0 Å². The number of halogens is 1. The molecule has 1 aliphatic heterocycles. The molecule has 1 heterocycles. The fourth-order valence-corrected chi connectivity index (χ4v) is 4.04. The number of hydrogen-bond acceptors (Lipinski definition) is 2. The molecule has 0 aromatic heterocycles.